The van der Waals surface area contributed by atoms with Crippen LogP contribution in [0.1, 0.15) is 60.8 Å². The number of H-pyrrole nitrogens is 1. The molecular weight excluding hydrogens is 845 g/mol. The van der Waals surface area contributed by atoms with Gasteiger partial charge in [-0.2, -0.15) is 0 Å². The molecule has 4 atom stereocenters. The van der Waals surface area contributed by atoms with E-state index in [0.717, 1.165) is 96.9 Å². The predicted molar refractivity (Wildman–Crippen MR) is 257 cm³/mol. The molecule has 15 nitrogen and oxygen atoms in total. The van der Waals surface area contributed by atoms with Crippen LogP contribution in [0.25, 0.3) is 22.4 Å². The fraction of sp³-hybridized carbons (Fsp3) is 0.404. The van der Waals surface area contributed by atoms with Crippen LogP contribution in [-0.4, -0.2) is 155 Å². The quantitative estimate of drug-likeness (QED) is 0.135. The summed E-state index contributed by atoms with van der Waals surface area (Å²) in [7, 11) is 4.10. The molecule has 4 aromatic carbocycles. The number of nitrogens with one attached hydrogen (secondary N) is 3. The molecule has 1 aromatic heterocycles. The standard InChI is InChI=1S/C52H62N10O5/c1-57-27-31-59(32-28-57)51(65)55-46(40-11-5-3-6-12-40)49(63)61-25-9-15-42(61)36-67-43-23-21-38(22-24-43)37-17-19-39(20-18-37)44-35-53-48(54-44)45-16-10-26-62(45)50(64)47(41-13-7-4-8-14-41)56-52(66)60-33-29-58(2)30-34-60/h3-8,11-14,17-24,35,42,45-47H,9-10,15-16,25-34,36H2,1-2H3,(H,53,54)(H,55,65)(H,56,66)/t42-,45-,46+,47+/m0/s1. The number of likely N-dealkylation sites (tertiary alicyclic amines) is 2. The van der Waals surface area contributed by atoms with Crippen LogP contribution >= 0.6 is 0 Å². The summed E-state index contributed by atoms with van der Waals surface area (Å²) in [4.78, 5) is 75.4. The number of aromatic amines is 1. The van der Waals surface area contributed by atoms with Gasteiger partial charge in [0.15, 0.2) is 0 Å². The first-order valence-corrected chi connectivity index (χ1v) is 23.8. The van der Waals surface area contributed by atoms with Crippen LogP contribution in [0.3, 0.4) is 0 Å². The maximum atomic E-state index is 14.4. The summed E-state index contributed by atoms with van der Waals surface area (Å²) in [6.07, 6.45) is 5.13. The summed E-state index contributed by atoms with van der Waals surface area (Å²) in [6.45, 7) is 7.22. The van der Waals surface area contributed by atoms with Crippen molar-refractivity contribution in [3.63, 3.8) is 0 Å². The molecule has 0 saturated carbocycles. The highest BCUT2D eigenvalue weighted by Gasteiger charge is 2.39. The number of ether oxygens (including phenoxy) is 1. The Morgan fingerprint density at radius 2 is 1.07 bits per heavy atom. The van der Waals surface area contributed by atoms with Crippen molar-refractivity contribution in [2.45, 2.75) is 49.9 Å². The van der Waals surface area contributed by atoms with Gasteiger partial charge in [0.1, 0.15) is 30.3 Å². The van der Waals surface area contributed by atoms with Crippen LogP contribution in [0, 0.1) is 0 Å². The van der Waals surface area contributed by atoms with E-state index in [4.69, 9.17) is 9.72 Å². The summed E-state index contributed by atoms with van der Waals surface area (Å²) in [5, 5.41) is 6.15. The van der Waals surface area contributed by atoms with Gasteiger partial charge in [0.25, 0.3) is 0 Å². The van der Waals surface area contributed by atoms with E-state index in [0.29, 0.717) is 45.9 Å². The normalized spacial score (nSPS) is 20.1. The summed E-state index contributed by atoms with van der Waals surface area (Å²) < 4.78 is 6.31. The average Bonchev–Trinajstić information content (AvgIpc) is 4.17. The van der Waals surface area contributed by atoms with E-state index >= 15 is 0 Å². The molecule has 9 rings (SSSR count). The number of urea groups is 2. The summed E-state index contributed by atoms with van der Waals surface area (Å²) in [6, 6.07) is 32.9. The number of benzene rings is 4. The van der Waals surface area contributed by atoms with Crippen LogP contribution in [0.15, 0.2) is 115 Å². The Kier molecular flexibility index (Phi) is 14.1. The van der Waals surface area contributed by atoms with E-state index in [-0.39, 0.29) is 36.0 Å². The maximum absolute atomic E-state index is 14.4. The van der Waals surface area contributed by atoms with E-state index in [1.807, 2.05) is 115 Å². The highest BCUT2D eigenvalue weighted by Crippen LogP contribution is 2.35. The van der Waals surface area contributed by atoms with Gasteiger partial charge in [-0.15, -0.1) is 0 Å². The van der Waals surface area contributed by atoms with Gasteiger partial charge in [-0.25, -0.2) is 14.6 Å². The number of imidazole rings is 1. The molecular formula is C52H62N10O5. The first-order valence-electron chi connectivity index (χ1n) is 23.8. The fourth-order valence-electron chi connectivity index (χ4n) is 9.69. The third-order valence-corrected chi connectivity index (χ3v) is 13.8. The van der Waals surface area contributed by atoms with Crippen LogP contribution in [0.5, 0.6) is 5.75 Å². The number of hydrogen-bond acceptors (Lipinski definition) is 8. The van der Waals surface area contributed by atoms with Crippen LogP contribution in [0.2, 0.25) is 0 Å². The van der Waals surface area contributed by atoms with Gasteiger partial charge in [0.05, 0.1) is 24.0 Å². The largest absolute Gasteiger partial charge is 0.491 e. The highest BCUT2D eigenvalue weighted by atomic mass is 16.5. The van der Waals surface area contributed by atoms with E-state index in [1.54, 1.807) is 9.80 Å². The molecule has 67 heavy (non-hydrogen) atoms. The molecule has 350 valence electrons. The van der Waals surface area contributed by atoms with Crippen molar-refractivity contribution < 1.29 is 23.9 Å². The van der Waals surface area contributed by atoms with Crippen molar-refractivity contribution in [2.75, 3.05) is 86.1 Å². The summed E-state index contributed by atoms with van der Waals surface area (Å²) in [5.74, 6) is 1.20. The molecule has 5 aromatic rings. The zero-order valence-corrected chi connectivity index (χ0v) is 38.6. The number of carbonyl (C=O) groups is 4. The molecule has 0 spiro atoms. The fourth-order valence-corrected chi connectivity index (χ4v) is 9.69. The number of nitrogens with zero attached hydrogens (tertiary/aromatic N) is 7. The van der Waals surface area contributed by atoms with Crippen molar-refractivity contribution in [1.82, 2.24) is 50.0 Å². The molecule has 5 heterocycles. The third-order valence-electron chi connectivity index (χ3n) is 13.8. The molecule has 4 aliphatic heterocycles. The highest BCUT2D eigenvalue weighted by molar-refractivity contribution is 5.89. The van der Waals surface area contributed by atoms with Gasteiger partial charge in [0.2, 0.25) is 11.8 Å². The minimum atomic E-state index is -0.808. The van der Waals surface area contributed by atoms with Crippen LogP contribution in [0.4, 0.5) is 9.59 Å². The van der Waals surface area contributed by atoms with Gasteiger partial charge >= 0.3 is 12.1 Å². The average molecular weight is 907 g/mol. The molecule has 15 heteroatoms. The minimum Gasteiger partial charge on any atom is -0.491 e. The van der Waals surface area contributed by atoms with Crippen molar-refractivity contribution in [1.29, 1.82) is 0 Å². The molecule has 4 saturated heterocycles. The molecule has 0 radical (unpaired) electrons. The minimum absolute atomic E-state index is 0.113. The molecule has 0 unspecified atom stereocenters. The van der Waals surface area contributed by atoms with Crippen molar-refractivity contribution >= 4 is 23.9 Å². The van der Waals surface area contributed by atoms with Crippen molar-refractivity contribution in [3.05, 3.63) is 132 Å². The Labute approximate surface area is 393 Å². The van der Waals surface area contributed by atoms with Gasteiger partial charge in [-0.3, -0.25) is 9.59 Å². The number of amides is 6. The van der Waals surface area contributed by atoms with Crippen LogP contribution < -0.4 is 15.4 Å². The smallest absolute Gasteiger partial charge is 0.318 e. The van der Waals surface area contributed by atoms with Crippen LogP contribution in [-0.2, 0) is 9.59 Å². The van der Waals surface area contributed by atoms with Gasteiger partial charge in [0, 0.05) is 65.4 Å². The number of piperazine rings is 2. The number of carbonyl (C=O) groups excluding carboxylic acids is 4. The lowest BCUT2D eigenvalue weighted by Gasteiger charge is -2.34. The van der Waals surface area contributed by atoms with E-state index in [9.17, 15) is 19.2 Å². The Bertz CT molecular complexity index is 2450. The molecule has 0 bridgehead atoms. The van der Waals surface area contributed by atoms with E-state index in [2.05, 4.69) is 49.7 Å². The number of hydrogen-bond donors (Lipinski definition) is 3. The second kappa shape index (κ2) is 20.9. The first kappa shape index (κ1) is 45.4. The van der Waals surface area contributed by atoms with Crippen molar-refractivity contribution in [2.24, 2.45) is 0 Å². The topological polar surface area (TPSA) is 150 Å². The predicted octanol–water partition coefficient (Wildman–Crippen LogP) is 6.17. The van der Waals surface area contributed by atoms with Crippen molar-refractivity contribution in [3.8, 4) is 28.1 Å². The Morgan fingerprint density at radius 1 is 0.597 bits per heavy atom. The first-order chi connectivity index (χ1) is 32.7. The molecule has 4 fully saturated rings. The molecule has 3 N–H and O–H groups in total. The number of rotatable bonds is 12. The van der Waals surface area contributed by atoms with Gasteiger partial charge in [-0.1, -0.05) is 97.1 Å². The lowest BCUT2D eigenvalue weighted by Crippen LogP contribution is -2.53. The zero-order valence-electron chi connectivity index (χ0n) is 38.6. The second-order valence-electron chi connectivity index (χ2n) is 18.3. The zero-order chi connectivity index (χ0) is 46.3. The molecule has 0 aliphatic carbocycles. The Balaban J connectivity index is 0.809. The van der Waals surface area contributed by atoms with E-state index in [1.165, 1.54) is 0 Å². The monoisotopic (exact) mass is 906 g/mol. The van der Waals surface area contributed by atoms with E-state index < -0.39 is 12.1 Å². The lowest BCUT2D eigenvalue weighted by atomic mass is 10.0. The van der Waals surface area contributed by atoms with Gasteiger partial charge in [-0.05, 0) is 79.7 Å². The number of aromatic nitrogens is 2. The SMILES string of the molecule is CN1CCN(C(=O)N[C@@H](C(=O)N2CCC[C@H]2COc2ccc(-c3ccc(-c4cnc([C@@H]5CCCN5C(=O)[C@H](NC(=O)N5CCN(C)CC5)c5ccccc5)[nH]4)cc3)cc2)c2ccccc2)CC1. The maximum Gasteiger partial charge on any atom is 0.318 e. The number of likely N-dealkylation sites (N-methyl/N-ethyl adjacent to an activating group) is 2. The molecule has 6 amide bonds. The molecule has 4 aliphatic rings. The summed E-state index contributed by atoms with van der Waals surface area (Å²) >= 11 is 0. The van der Waals surface area contributed by atoms with Gasteiger partial charge < -0.3 is 49.8 Å². The lowest BCUT2D eigenvalue weighted by molar-refractivity contribution is -0.135. The third kappa shape index (κ3) is 10.6. The Hall–Kier alpha value is -6.71. The second-order valence-corrected chi connectivity index (χ2v) is 18.3. The Morgan fingerprint density at radius 3 is 1.63 bits per heavy atom. The summed E-state index contributed by atoms with van der Waals surface area (Å²) in [5.41, 5.74) is 5.44.